The van der Waals surface area contributed by atoms with Crippen molar-refractivity contribution >= 4 is 0 Å². The molecule has 0 unspecified atom stereocenters. The van der Waals surface area contributed by atoms with E-state index in [-0.39, 0.29) is 0 Å². The topological polar surface area (TPSA) is 39.2 Å². The molecule has 2 aromatic rings. The highest BCUT2D eigenvalue weighted by Crippen LogP contribution is 2.16. The Labute approximate surface area is 96.1 Å². The van der Waals surface area contributed by atoms with Gasteiger partial charge in [0.25, 0.3) is 0 Å². The van der Waals surface area contributed by atoms with Crippen LogP contribution in [0.5, 0.6) is 0 Å². The van der Waals surface area contributed by atoms with E-state index >= 15 is 0 Å². The second-order valence-electron chi connectivity index (χ2n) is 4.01. The van der Waals surface area contributed by atoms with Gasteiger partial charge in [-0.05, 0) is 36.7 Å². The van der Waals surface area contributed by atoms with Crippen molar-refractivity contribution in [3.8, 4) is 0 Å². The van der Waals surface area contributed by atoms with Crippen molar-refractivity contribution in [1.29, 1.82) is 0 Å². The highest BCUT2D eigenvalue weighted by atomic mass is 16.3. The van der Waals surface area contributed by atoms with Crippen LogP contribution >= 0.6 is 0 Å². The number of rotatable bonds is 4. The van der Waals surface area contributed by atoms with E-state index in [4.69, 9.17) is 10.2 Å². The van der Waals surface area contributed by atoms with Gasteiger partial charge in [-0.15, -0.1) is 0 Å². The lowest BCUT2D eigenvalue weighted by atomic mass is 10.1. The van der Waals surface area contributed by atoms with Crippen molar-refractivity contribution in [2.24, 2.45) is 5.73 Å². The number of nitrogens with two attached hydrogens (primary N) is 1. The highest BCUT2D eigenvalue weighted by molar-refractivity contribution is 5.29. The minimum atomic E-state index is 0.636. The van der Waals surface area contributed by atoms with E-state index in [0.29, 0.717) is 6.54 Å². The molecule has 0 atom stereocenters. The summed E-state index contributed by atoms with van der Waals surface area (Å²) < 4.78 is 5.70. The molecule has 2 N–H and O–H groups in total. The molecule has 2 nitrogen and oxygen atoms in total. The fourth-order valence-electron chi connectivity index (χ4n) is 1.79. The highest BCUT2D eigenvalue weighted by Gasteiger charge is 2.04. The zero-order chi connectivity index (χ0) is 11.4. The van der Waals surface area contributed by atoms with Gasteiger partial charge in [0.15, 0.2) is 0 Å². The van der Waals surface area contributed by atoms with E-state index in [0.717, 1.165) is 24.4 Å². The van der Waals surface area contributed by atoms with Gasteiger partial charge in [-0.3, -0.25) is 0 Å². The molecule has 0 saturated heterocycles. The van der Waals surface area contributed by atoms with Crippen molar-refractivity contribution in [2.75, 3.05) is 6.54 Å². The molecule has 1 aromatic carbocycles. The van der Waals surface area contributed by atoms with Gasteiger partial charge in [0.05, 0.1) is 0 Å². The summed E-state index contributed by atoms with van der Waals surface area (Å²) in [6.07, 6.45) is 1.67. The summed E-state index contributed by atoms with van der Waals surface area (Å²) in [5, 5.41) is 0. The number of benzene rings is 1. The molecule has 0 aliphatic heterocycles. The first-order valence-electron chi connectivity index (χ1n) is 5.62. The van der Waals surface area contributed by atoms with Crippen LogP contribution in [0.1, 0.15) is 22.6 Å². The van der Waals surface area contributed by atoms with Crippen LogP contribution in [0.25, 0.3) is 0 Å². The van der Waals surface area contributed by atoms with E-state index in [1.807, 2.05) is 12.1 Å². The number of aryl methyl sites for hydroxylation is 1. The van der Waals surface area contributed by atoms with Gasteiger partial charge in [0.2, 0.25) is 0 Å². The monoisotopic (exact) mass is 215 g/mol. The second-order valence-corrected chi connectivity index (χ2v) is 4.01. The molecule has 2 rings (SSSR count). The van der Waals surface area contributed by atoms with Crippen LogP contribution < -0.4 is 5.73 Å². The fraction of sp³-hybridized carbons (Fsp3) is 0.286. The molecule has 0 radical (unpaired) electrons. The van der Waals surface area contributed by atoms with Gasteiger partial charge in [-0.2, -0.15) is 0 Å². The Kier molecular flexibility index (Phi) is 3.42. The third-order valence-corrected chi connectivity index (χ3v) is 2.73. The van der Waals surface area contributed by atoms with Crippen LogP contribution in [0.15, 0.2) is 40.8 Å². The van der Waals surface area contributed by atoms with Crippen LogP contribution in [-0.2, 0) is 12.8 Å². The molecule has 1 heterocycles. The van der Waals surface area contributed by atoms with E-state index in [2.05, 4.69) is 31.2 Å². The Morgan fingerprint density at radius 3 is 2.56 bits per heavy atom. The van der Waals surface area contributed by atoms with Gasteiger partial charge >= 0.3 is 0 Å². The van der Waals surface area contributed by atoms with Crippen LogP contribution in [0.2, 0.25) is 0 Å². The lowest BCUT2D eigenvalue weighted by molar-refractivity contribution is 0.474. The number of hydrogen-bond donors (Lipinski definition) is 1. The summed E-state index contributed by atoms with van der Waals surface area (Å²) in [6.45, 7) is 2.76. The Bertz CT molecular complexity index is 459. The molecule has 16 heavy (non-hydrogen) atoms. The molecule has 0 saturated carbocycles. The Morgan fingerprint density at radius 1 is 1.06 bits per heavy atom. The maximum atomic E-state index is 5.70. The average molecular weight is 215 g/mol. The summed E-state index contributed by atoms with van der Waals surface area (Å²) in [4.78, 5) is 0. The van der Waals surface area contributed by atoms with Crippen molar-refractivity contribution in [3.05, 3.63) is 59.0 Å². The van der Waals surface area contributed by atoms with Gasteiger partial charge < -0.3 is 10.2 Å². The molecular formula is C14H17NO. The molecule has 0 spiro atoms. The molecule has 0 bridgehead atoms. The summed E-state index contributed by atoms with van der Waals surface area (Å²) in [5.41, 5.74) is 8.11. The predicted octanol–water partition coefficient (Wildman–Crippen LogP) is 2.68. The van der Waals surface area contributed by atoms with E-state index < -0.39 is 0 Å². The van der Waals surface area contributed by atoms with Crippen molar-refractivity contribution < 1.29 is 4.42 Å². The molecule has 84 valence electrons. The maximum Gasteiger partial charge on any atom is 0.108 e. The zero-order valence-corrected chi connectivity index (χ0v) is 9.57. The van der Waals surface area contributed by atoms with Crippen molar-refractivity contribution in [2.45, 2.75) is 19.8 Å². The normalized spacial score (nSPS) is 10.6. The molecule has 2 heteroatoms. The molecule has 1 aromatic heterocycles. The van der Waals surface area contributed by atoms with Crippen LogP contribution in [-0.4, -0.2) is 6.54 Å². The molecule has 0 amide bonds. The molecule has 0 aliphatic carbocycles. The second kappa shape index (κ2) is 4.99. The van der Waals surface area contributed by atoms with Gasteiger partial charge in [0.1, 0.15) is 11.5 Å². The van der Waals surface area contributed by atoms with Gasteiger partial charge in [-0.25, -0.2) is 0 Å². The lowest BCUT2D eigenvalue weighted by Crippen LogP contribution is -2.01. The smallest absolute Gasteiger partial charge is 0.108 e. The van der Waals surface area contributed by atoms with E-state index in [1.165, 1.54) is 11.1 Å². The summed E-state index contributed by atoms with van der Waals surface area (Å²) in [6, 6.07) is 12.4. The minimum Gasteiger partial charge on any atom is -0.466 e. The Balaban J connectivity index is 2.11. The van der Waals surface area contributed by atoms with Crippen LogP contribution in [0, 0.1) is 6.92 Å². The average Bonchev–Trinajstić information content (AvgIpc) is 2.70. The summed E-state index contributed by atoms with van der Waals surface area (Å²) in [7, 11) is 0. The summed E-state index contributed by atoms with van der Waals surface area (Å²) >= 11 is 0. The standard InChI is InChI=1S/C14H17NO/c1-11-4-2-3-5-12(11)10-14-7-6-13(16-14)8-9-15/h2-7H,8-10,15H2,1H3. The summed E-state index contributed by atoms with van der Waals surface area (Å²) in [5.74, 6) is 1.99. The van der Waals surface area contributed by atoms with Crippen molar-refractivity contribution in [1.82, 2.24) is 0 Å². The lowest BCUT2D eigenvalue weighted by Gasteiger charge is -2.02. The predicted molar refractivity (Wildman–Crippen MR) is 65.5 cm³/mol. The van der Waals surface area contributed by atoms with E-state index in [1.54, 1.807) is 0 Å². The Morgan fingerprint density at radius 2 is 1.81 bits per heavy atom. The first kappa shape index (κ1) is 11.0. The SMILES string of the molecule is Cc1ccccc1Cc1ccc(CCN)o1. The van der Waals surface area contributed by atoms with Gasteiger partial charge in [0, 0.05) is 12.8 Å². The fourth-order valence-corrected chi connectivity index (χ4v) is 1.79. The van der Waals surface area contributed by atoms with Crippen LogP contribution in [0.4, 0.5) is 0 Å². The number of hydrogen-bond acceptors (Lipinski definition) is 2. The van der Waals surface area contributed by atoms with Crippen LogP contribution in [0.3, 0.4) is 0 Å². The Hall–Kier alpha value is -1.54. The molecule has 0 fully saturated rings. The largest absolute Gasteiger partial charge is 0.466 e. The van der Waals surface area contributed by atoms with Crippen molar-refractivity contribution in [3.63, 3.8) is 0 Å². The molecular weight excluding hydrogens is 198 g/mol. The first-order chi connectivity index (χ1) is 7.79. The maximum absolute atomic E-state index is 5.70. The quantitative estimate of drug-likeness (QED) is 0.851. The third kappa shape index (κ3) is 2.52. The zero-order valence-electron chi connectivity index (χ0n) is 9.57. The molecule has 0 aliphatic rings. The first-order valence-corrected chi connectivity index (χ1v) is 5.62. The van der Waals surface area contributed by atoms with Gasteiger partial charge in [-0.1, -0.05) is 24.3 Å². The minimum absolute atomic E-state index is 0.636. The number of furan rings is 1. The third-order valence-electron chi connectivity index (χ3n) is 2.73. The van der Waals surface area contributed by atoms with E-state index in [9.17, 15) is 0 Å².